The largest absolute Gasteiger partial charge is 0.496 e. The van der Waals surface area contributed by atoms with Gasteiger partial charge < -0.3 is 19.9 Å². The third-order valence-electron chi connectivity index (χ3n) is 4.24. The fourth-order valence-electron chi connectivity index (χ4n) is 3.09. The van der Waals surface area contributed by atoms with Gasteiger partial charge in [-0.05, 0) is 18.8 Å². The zero-order valence-corrected chi connectivity index (χ0v) is 13.9. The second-order valence-electron chi connectivity index (χ2n) is 5.37. The standard InChI is InChI=1S/C16H25NO3.ClH/c1-18-12-9-13(19-2)15(14(10-12)20-3)16(17)11-7-5-4-6-8-11;/h9-11,16H,4-8,17H2,1-3H3;1H/t16-;/m1./s1. The highest BCUT2D eigenvalue weighted by atomic mass is 35.5. The summed E-state index contributed by atoms with van der Waals surface area (Å²) < 4.78 is 16.3. The van der Waals surface area contributed by atoms with Gasteiger partial charge in [0.2, 0.25) is 0 Å². The Morgan fingerprint density at radius 3 is 1.90 bits per heavy atom. The minimum absolute atomic E-state index is 0. The Bertz CT molecular complexity index is 422. The molecule has 1 aliphatic rings. The summed E-state index contributed by atoms with van der Waals surface area (Å²) in [7, 11) is 4.95. The summed E-state index contributed by atoms with van der Waals surface area (Å²) in [6, 6.07) is 3.70. The number of benzene rings is 1. The van der Waals surface area contributed by atoms with Crippen LogP contribution in [0.5, 0.6) is 17.2 Å². The smallest absolute Gasteiger partial charge is 0.131 e. The van der Waals surface area contributed by atoms with Gasteiger partial charge in [0.1, 0.15) is 17.2 Å². The van der Waals surface area contributed by atoms with Crippen LogP contribution in [0.3, 0.4) is 0 Å². The van der Waals surface area contributed by atoms with Gasteiger partial charge in [-0.25, -0.2) is 0 Å². The van der Waals surface area contributed by atoms with Crippen molar-refractivity contribution in [3.05, 3.63) is 17.7 Å². The van der Waals surface area contributed by atoms with Crippen LogP contribution < -0.4 is 19.9 Å². The Kier molecular flexibility index (Phi) is 7.12. The Labute approximate surface area is 133 Å². The summed E-state index contributed by atoms with van der Waals surface area (Å²) in [4.78, 5) is 0. The van der Waals surface area contributed by atoms with E-state index in [2.05, 4.69) is 0 Å². The van der Waals surface area contributed by atoms with Gasteiger partial charge in [0.25, 0.3) is 0 Å². The van der Waals surface area contributed by atoms with Crippen LogP contribution in [0.25, 0.3) is 0 Å². The molecule has 1 fully saturated rings. The molecule has 5 heteroatoms. The van der Waals surface area contributed by atoms with E-state index in [1.807, 2.05) is 12.1 Å². The fourth-order valence-corrected chi connectivity index (χ4v) is 3.09. The quantitative estimate of drug-likeness (QED) is 0.900. The molecule has 0 saturated heterocycles. The highest BCUT2D eigenvalue weighted by Crippen LogP contribution is 2.43. The molecule has 0 heterocycles. The van der Waals surface area contributed by atoms with Crippen molar-refractivity contribution in [3.63, 3.8) is 0 Å². The summed E-state index contributed by atoms with van der Waals surface area (Å²) >= 11 is 0. The predicted octanol–water partition coefficient (Wildman–Crippen LogP) is 3.71. The van der Waals surface area contributed by atoms with Crippen LogP contribution in [-0.4, -0.2) is 21.3 Å². The van der Waals surface area contributed by atoms with E-state index in [9.17, 15) is 0 Å². The van der Waals surface area contributed by atoms with E-state index < -0.39 is 0 Å². The van der Waals surface area contributed by atoms with E-state index >= 15 is 0 Å². The van der Waals surface area contributed by atoms with Crippen LogP contribution in [-0.2, 0) is 0 Å². The lowest BCUT2D eigenvalue weighted by Crippen LogP contribution is -2.24. The lowest BCUT2D eigenvalue weighted by molar-refractivity contribution is 0.291. The maximum atomic E-state index is 6.51. The van der Waals surface area contributed by atoms with Crippen LogP contribution in [0.15, 0.2) is 12.1 Å². The van der Waals surface area contributed by atoms with Crippen molar-refractivity contribution in [2.75, 3.05) is 21.3 Å². The number of hydrogen-bond acceptors (Lipinski definition) is 4. The Morgan fingerprint density at radius 1 is 0.952 bits per heavy atom. The van der Waals surface area contributed by atoms with Gasteiger partial charge in [0, 0.05) is 18.2 Å². The first-order valence-electron chi connectivity index (χ1n) is 7.26. The second-order valence-corrected chi connectivity index (χ2v) is 5.37. The average Bonchev–Trinajstić information content (AvgIpc) is 2.53. The highest BCUT2D eigenvalue weighted by molar-refractivity contribution is 5.85. The number of rotatable bonds is 5. The van der Waals surface area contributed by atoms with Gasteiger partial charge in [0.15, 0.2) is 0 Å². The van der Waals surface area contributed by atoms with Gasteiger partial charge in [-0.15, -0.1) is 12.4 Å². The molecule has 4 nitrogen and oxygen atoms in total. The third kappa shape index (κ3) is 3.95. The van der Waals surface area contributed by atoms with Crippen LogP contribution in [0.1, 0.15) is 43.7 Å². The minimum atomic E-state index is -0.0499. The average molecular weight is 316 g/mol. The monoisotopic (exact) mass is 315 g/mol. The molecule has 2 rings (SSSR count). The molecule has 1 aromatic carbocycles. The molecule has 1 atom stereocenters. The third-order valence-corrected chi connectivity index (χ3v) is 4.24. The molecular formula is C16H26ClNO3. The molecule has 0 amide bonds. The normalized spacial score (nSPS) is 16.8. The molecule has 0 aliphatic heterocycles. The maximum absolute atomic E-state index is 6.51. The molecule has 1 saturated carbocycles. The SMILES string of the molecule is COc1cc(OC)c([C@H](N)C2CCCCC2)c(OC)c1.Cl. The van der Waals surface area contributed by atoms with Gasteiger partial charge in [-0.2, -0.15) is 0 Å². The van der Waals surface area contributed by atoms with Crippen molar-refractivity contribution >= 4 is 12.4 Å². The topological polar surface area (TPSA) is 53.7 Å². The Hall–Kier alpha value is -1.13. The molecule has 0 unspecified atom stereocenters. The van der Waals surface area contributed by atoms with Crippen LogP contribution in [0.4, 0.5) is 0 Å². The highest BCUT2D eigenvalue weighted by Gasteiger charge is 2.27. The van der Waals surface area contributed by atoms with E-state index in [0.717, 1.165) is 22.8 Å². The Morgan fingerprint density at radius 2 is 1.48 bits per heavy atom. The van der Waals surface area contributed by atoms with Crippen molar-refractivity contribution in [2.24, 2.45) is 11.7 Å². The first kappa shape index (κ1) is 17.9. The van der Waals surface area contributed by atoms with E-state index in [1.54, 1.807) is 21.3 Å². The van der Waals surface area contributed by atoms with Crippen LogP contribution >= 0.6 is 12.4 Å². The van der Waals surface area contributed by atoms with E-state index in [-0.39, 0.29) is 18.4 Å². The zero-order chi connectivity index (χ0) is 14.5. The molecule has 1 aliphatic carbocycles. The number of nitrogens with two attached hydrogens (primary N) is 1. The van der Waals surface area contributed by atoms with E-state index in [1.165, 1.54) is 32.1 Å². The molecule has 2 N–H and O–H groups in total. The summed E-state index contributed by atoms with van der Waals surface area (Å²) in [6.45, 7) is 0. The fraction of sp³-hybridized carbons (Fsp3) is 0.625. The predicted molar refractivity (Wildman–Crippen MR) is 86.8 cm³/mol. The van der Waals surface area contributed by atoms with Crippen molar-refractivity contribution in [2.45, 2.75) is 38.1 Å². The molecule has 0 aromatic heterocycles. The molecule has 1 aromatic rings. The molecular weight excluding hydrogens is 290 g/mol. The summed E-state index contributed by atoms with van der Waals surface area (Å²) in [5.74, 6) is 2.72. The molecule has 120 valence electrons. The van der Waals surface area contributed by atoms with Crippen LogP contribution in [0, 0.1) is 5.92 Å². The van der Waals surface area contributed by atoms with E-state index in [0.29, 0.717) is 5.92 Å². The number of ether oxygens (including phenoxy) is 3. The van der Waals surface area contributed by atoms with Crippen molar-refractivity contribution in [1.29, 1.82) is 0 Å². The molecule has 0 bridgehead atoms. The lowest BCUT2D eigenvalue weighted by Gasteiger charge is -2.29. The summed E-state index contributed by atoms with van der Waals surface area (Å²) in [5.41, 5.74) is 7.47. The first-order valence-corrected chi connectivity index (χ1v) is 7.26. The number of hydrogen-bond donors (Lipinski definition) is 1. The summed E-state index contributed by atoms with van der Waals surface area (Å²) in [6.07, 6.45) is 6.21. The first-order chi connectivity index (χ1) is 9.71. The second kappa shape index (κ2) is 8.35. The van der Waals surface area contributed by atoms with Crippen molar-refractivity contribution in [1.82, 2.24) is 0 Å². The van der Waals surface area contributed by atoms with Gasteiger partial charge in [-0.3, -0.25) is 0 Å². The zero-order valence-electron chi connectivity index (χ0n) is 13.1. The van der Waals surface area contributed by atoms with Gasteiger partial charge in [0.05, 0.1) is 26.9 Å². The Balaban J connectivity index is 0.00000220. The molecule has 0 spiro atoms. The summed E-state index contributed by atoms with van der Waals surface area (Å²) in [5, 5.41) is 0. The molecule has 0 radical (unpaired) electrons. The van der Waals surface area contributed by atoms with Gasteiger partial charge in [-0.1, -0.05) is 19.3 Å². The molecule has 21 heavy (non-hydrogen) atoms. The van der Waals surface area contributed by atoms with E-state index in [4.69, 9.17) is 19.9 Å². The lowest BCUT2D eigenvalue weighted by atomic mass is 9.81. The maximum Gasteiger partial charge on any atom is 0.131 e. The van der Waals surface area contributed by atoms with Crippen molar-refractivity contribution in [3.8, 4) is 17.2 Å². The van der Waals surface area contributed by atoms with Gasteiger partial charge >= 0.3 is 0 Å². The van der Waals surface area contributed by atoms with Crippen LogP contribution in [0.2, 0.25) is 0 Å². The number of halogens is 1. The number of methoxy groups -OCH3 is 3. The van der Waals surface area contributed by atoms with Crippen molar-refractivity contribution < 1.29 is 14.2 Å². The minimum Gasteiger partial charge on any atom is -0.496 e.